The van der Waals surface area contributed by atoms with Crippen LogP contribution in [0.2, 0.25) is 0 Å². The van der Waals surface area contributed by atoms with Crippen molar-refractivity contribution in [2.24, 2.45) is 0 Å². The molecule has 0 aliphatic rings. The maximum atomic E-state index is 4.27. The Hall–Kier alpha value is -1.36. The van der Waals surface area contributed by atoms with Crippen molar-refractivity contribution in [2.75, 3.05) is 5.32 Å². The molecule has 0 radical (unpaired) electrons. The summed E-state index contributed by atoms with van der Waals surface area (Å²) in [5.74, 6) is 0. The minimum absolute atomic E-state index is 0.228. The Morgan fingerprint density at radius 1 is 1.60 bits per heavy atom. The van der Waals surface area contributed by atoms with Gasteiger partial charge in [-0.15, -0.1) is 11.3 Å². The monoisotopic (exact) mass is 222 g/mol. The zero-order chi connectivity index (χ0) is 10.7. The first-order valence-electron chi connectivity index (χ1n) is 4.96. The lowest BCUT2D eigenvalue weighted by molar-refractivity contribution is 0.660. The number of anilines is 1. The van der Waals surface area contributed by atoms with Gasteiger partial charge in [0.25, 0.3) is 0 Å². The molecule has 0 amide bonds. The van der Waals surface area contributed by atoms with Gasteiger partial charge in [0.1, 0.15) is 0 Å². The normalized spacial score (nSPS) is 12.7. The van der Waals surface area contributed by atoms with Crippen molar-refractivity contribution in [2.45, 2.75) is 26.4 Å². The highest BCUT2D eigenvalue weighted by atomic mass is 32.1. The molecule has 2 aromatic rings. The average Bonchev–Trinajstić information content (AvgIpc) is 2.87. The van der Waals surface area contributed by atoms with Crippen LogP contribution in [0.5, 0.6) is 0 Å². The molecule has 0 saturated heterocycles. The molecule has 4 nitrogen and oxygen atoms in total. The van der Waals surface area contributed by atoms with Gasteiger partial charge in [0, 0.05) is 18.1 Å². The zero-order valence-corrected chi connectivity index (χ0v) is 9.66. The summed E-state index contributed by atoms with van der Waals surface area (Å²) in [6, 6.07) is 0.228. The number of nitrogens with one attached hydrogen (secondary N) is 1. The van der Waals surface area contributed by atoms with Gasteiger partial charge >= 0.3 is 0 Å². The van der Waals surface area contributed by atoms with Gasteiger partial charge in [-0.2, -0.15) is 5.10 Å². The molecule has 0 aromatic carbocycles. The van der Waals surface area contributed by atoms with Crippen LogP contribution in [0.25, 0.3) is 0 Å². The van der Waals surface area contributed by atoms with Crippen LogP contribution >= 0.6 is 11.3 Å². The minimum Gasteiger partial charge on any atom is -0.374 e. The molecule has 0 aliphatic heterocycles. The average molecular weight is 222 g/mol. The van der Waals surface area contributed by atoms with E-state index in [2.05, 4.69) is 34.6 Å². The van der Waals surface area contributed by atoms with E-state index in [1.807, 2.05) is 22.6 Å². The largest absolute Gasteiger partial charge is 0.374 e. The van der Waals surface area contributed by atoms with Crippen LogP contribution in [0.3, 0.4) is 0 Å². The summed E-state index contributed by atoms with van der Waals surface area (Å²) in [7, 11) is 0. The molecule has 0 fully saturated rings. The Bertz CT molecular complexity index is 407. The first kappa shape index (κ1) is 10.2. The molecule has 2 heterocycles. The molecule has 0 aliphatic carbocycles. The molecular formula is C10H14N4S. The summed E-state index contributed by atoms with van der Waals surface area (Å²) in [5.41, 5.74) is 3.96. The van der Waals surface area contributed by atoms with Crippen molar-refractivity contribution in [3.8, 4) is 0 Å². The summed E-state index contributed by atoms with van der Waals surface area (Å²) in [6.07, 6.45) is 3.84. The number of hydrogen-bond acceptors (Lipinski definition) is 4. The first-order valence-corrected chi connectivity index (χ1v) is 5.91. The molecule has 2 aromatic heterocycles. The van der Waals surface area contributed by atoms with Gasteiger partial charge in [0.2, 0.25) is 0 Å². The van der Waals surface area contributed by atoms with Crippen molar-refractivity contribution in [1.82, 2.24) is 14.8 Å². The number of nitrogens with zero attached hydrogens (tertiary/aromatic N) is 3. The number of rotatable bonds is 4. The third-order valence-electron chi connectivity index (χ3n) is 2.24. The van der Waals surface area contributed by atoms with E-state index in [-0.39, 0.29) is 6.04 Å². The van der Waals surface area contributed by atoms with Crippen LogP contribution in [0.15, 0.2) is 23.3 Å². The molecular weight excluding hydrogens is 208 g/mol. The van der Waals surface area contributed by atoms with Crippen LogP contribution in [0.1, 0.15) is 25.6 Å². The lowest BCUT2D eigenvalue weighted by Crippen LogP contribution is -2.06. The van der Waals surface area contributed by atoms with E-state index in [4.69, 9.17) is 0 Å². The predicted molar refractivity (Wildman–Crippen MR) is 62.1 cm³/mol. The SMILES string of the molecule is CCn1cc(NC(C)c2cscn2)cn1. The highest BCUT2D eigenvalue weighted by molar-refractivity contribution is 7.07. The third-order valence-corrected chi connectivity index (χ3v) is 2.84. The lowest BCUT2D eigenvalue weighted by Gasteiger charge is -2.10. The quantitative estimate of drug-likeness (QED) is 0.864. The Labute approximate surface area is 93.0 Å². The molecule has 0 spiro atoms. The van der Waals surface area contributed by atoms with E-state index in [1.54, 1.807) is 11.3 Å². The highest BCUT2D eigenvalue weighted by Gasteiger charge is 2.07. The Morgan fingerprint density at radius 3 is 3.07 bits per heavy atom. The number of thiazole rings is 1. The van der Waals surface area contributed by atoms with Crippen molar-refractivity contribution in [1.29, 1.82) is 0 Å². The van der Waals surface area contributed by atoms with Gasteiger partial charge in [-0.3, -0.25) is 4.68 Å². The van der Waals surface area contributed by atoms with Gasteiger partial charge in [-0.25, -0.2) is 4.98 Å². The zero-order valence-electron chi connectivity index (χ0n) is 8.84. The lowest BCUT2D eigenvalue weighted by atomic mass is 10.2. The minimum atomic E-state index is 0.228. The Morgan fingerprint density at radius 2 is 2.47 bits per heavy atom. The smallest absolute Gasteiger partial charge is 0.0795 e. The fourth-order valence-electron chi connectivity index (χ4n) is 1.37. The van der Waals surface area contributed by atoms with Crippen LogP contribution in [-0.4, -0.2) is 14.8 Å². The third kappa shape index (κ3) is 2.36. The topological polar surface area (TPSA) is 42.7 Å². The second-order valence-electron chi connectivity index (χ2n) is 3.36. The second kappa shape index (κ2) is 4.44. The molecule has 1 unspecified atom stereocenters. The van der Waals surface area contributed by atoms with Crippen molar-refractivity contribution < 1.29 is 0 Å². The molecule has 0 bridgehead atoms. The van der Waals surface area contributed by atoms with Crippen LogP contribution in [0, 0.1) is 0 Å². The fourth-order valence-corrected chi connectivity index (χ4v) is 2.02. The summed E-state index contributed by atoms with van der Waals surface area (Å²) < 4.78 is 1.90. The summed E-state index contributed by atoms with van der Waals surface area (Å²) in [4.78, 5) is 4.27. The van der Waals surface area contributed by atoms with Gasteiger partial charge in [-0.05, 0) is 13.8 Å². The van der Waals surface area contributed by atoms with Crippen molar-refractivity contribution >= 4 is 17.0 Å². The number of aryl methyl sites for hydroxylation is 1. The van der Waals surface area contributed by atoms with Crippen molar-refractivity contribution in [3.05, 3.63) is 29.0 Å². The molecule has 1 atom stereocenters. The molecule has 15 heavy (non-hydrogen) atoms. The van der Waals surface area contributed by atoms with E-state index >= 15 is 0 Å². The summed E-state index contributed by atoms with van der Waals surface area (Å²) in [6.45, 7) is 5.06. The van der Waals surface area contributed by atoms with Gasteiger partial charge in [-0.1, -0.05) is 0 Å². The van der Waals surface area contributed by atoms with E-state index in [9.17, 15) is 0 Å². The van der Waals surface area contributed by atoms with E-state index in [0.717, 1.165) is 17.9 Å². The Kier molecular flexibility index (Phi) is 3.01. The van der Waals surface area contributed by atoms with Gasteiger partial charge in [0.05, 0.1) is 29.1 Å². The van der Waals surface area contributed by atoms with Gasteiger partial charge < -0.3 is 5.32 Å². The molecule has 1 N–H and O–H groups in total. The molecule has 0 saturated carbocycles. The first-order chi connectivity index (χ1) is 7.29. The summed E-state index contributed by atoms with van der Waals surface area (Å²) in [5, 5.41) is 9.62. The van der Waals surface area contributed by atoms with Crippen LogP contribution in [-0.2, 0) is 6.54 Å². The maximum Gasteiger partial charge on any atom is 0.0795 e. The van der Waals surface area contributed by atoms with Gasteiger partial charge in [0.15, 0.2) is 0 Å². The van der Waals surface area contributed by atoms with E-state index in [0.29, 0.717) is 0 Å². The fraction of sp³-hybridized carbons (Fsp3) is 0.400. The molecule has 80 valence electrons. The molecule has 5 heteroatoms. The second-order valence-corrected chi connectivity index (χ2v) is 4.08. The standard InChI is InChI=1S/C10H14N4S/c1-3-14-5-9(4-12-14)13-8(2)10-6-15-7-11-10/h4-8,13H,3H2,1-2H3. The number of hydrogen-bond donors (Lipinski definition) is 1. The Balaban J connectivity index is 2.02. The van der Waals surface area contributed by atoms with Crippen LogP contribution < -0.4 is 5.32 Å². The maximum absolute atomic E-state index is 4.27. The van der Waals surface area contributed by atoms with E-state index < -0.39 is 0 Å². The van der Waals surface area contributed by atoms with E-state index in [1.165, 1.54) is 0 Å². The van der Waals surface area contributed by atoms with Crippen molar-refractivity contribution in [3.63, 3.8) is 0 Å². The summed E-state index contributed by atoms with van der Waals surface area (Å²) >= 11 is 1.62. The number of aromatic nitrogens is 3. The van der Waals surface area contributed by atoms with Crippen LogP contribution in [0.4, 0.5) is 5.69 Å². The molecule has 2 rings (SSSR count). The predicted octanol–water partition coefficient (Wildman–Crippen LogP) is 2.53. The highest BCUT2D eigenvalue weighted by Crippen LogP contribution is 2.18.